The first-order valence-corrected chi connectivity index (χ1v) is 7.60. The average molecular weight is 264 g/mol. The molecule has 106 valence electrons. The highest BCUT2D eigenvalue weighted by molar-refractivity contribution is 5.06. The van der Waals surface area contributed by atoms with Crippen LogP contribution in [0.4, 0.5) is 0 Å². The first kappa shape index (κ1) is 13.1. The normalized spacial score (nSPS) is 28.3. The fourth-order valence-corrected chi connectivity index (χ4v) is 3.32. The van der Waals surface area contributed by atoms with Crippen LogP contribution in [0, 0.1) is 0 Å². The molecule has 1 N–H and O–H groups in total. The van der Waals surface area contributed by atoms with Gasteiger partial charge in [-0.3, -0.25) is 0 Å². The van der Waals surface area contributed by atoms with Gasteiger partial charge in [-0.25, -0.2) is 0 Å². The molecule has 0 spiro atoms. The van der Waals surface area contributed by atoms with E-state index in [-0.39, 0.29) is 0 Å². The van der Waals surface area contributed by atoms with Crippen LogP contribution < -0.4 is 5.32 Å². The van der Waals surface area contributed by atoms with E-state index in [1.54, 1.807) is 0 Å². The molecule has 2 atom stereocenters. The van der Waals surface area contributed by atoms with E-state index in [1.807, 2.05) is 6.33 Å². The zero-order valence-corrected chi connectivity index (χ0v) is 11.7. The summed E-state index contributed by atoms with van der Waals surface area (Å²) < 4.78 is 7.98. The van der Waals surface area contributed by atoms with Gasteiger partial charge in [0.25, 0.3) is 0 Å². The van der Waals surface area contributed by atoms with Crippen molar-refractivity contribution in [3.05, 3.63) is 12.2 Å². The summed E-state index contributed by atoms with van der Waals surface area (Å²) in [6.45, 7) is 4.80. The molecule has 1 aromatic rings. The van der Waals surface area contributed by atoms with Gasteiger partial charge in [-0.05, 0) is 25.8 Å². The standard InChI is InChI=1S/C14H24N4O/c1-2-7-15-13-9-19-8-12(13)14-17-16-10-18(14)11-5-3-4-6-11/h10-13,15H,2-9H2,1H3. The van der Waals surface area contributed by atoms with Crippen LogP contribution in [0.5, 0.6) is 0 Å². The second-order valence-corrected chi connectivity index (χ2v) is 5.74. The van der Waals surface area contributed by atoms with Crippen molar-refractivity contribution in [1.29, 1.82) is 0 Å². The van der Waals surface area contributed by atoms with Crippen LogP contribution in [0.2, 0.25) is 0 Å². The molecule has 1 aliphatic heterocycles. The molecule has 1 saturated heterocycles. The highest BCUT2D eigenvalue weighted by Gasteiger charge is 2.34. The maximum atomic E-state index is 5.66. The Bertz CT molecular complexity index is 400. The van der Waals surface area contributed by atoms with Crippen molar-refractivity contribution in [3.63, 3.8) is 0 Å². The number of nitrogens with one attached hydrogen (secondary N) is 1. The van der Waals surface area contributed by atoms with E-state index >= 15 is 0 Å². The molecule has 19 heavy (non-hydrogen) atoms. The Kier molecular flexibility index (Phi) is 4.13. The Hall–Kier alpha value is -0.940. The Morgan fingerprint density at radius 3 is 3.00 bits per heavy atom. The summed E-state index contributed by atoms with van der Waals surface area (Å²) in [6.07, 6.45) is 8.28. The molecule has 1 aromatic heterocycles. The minimum absolute atomic E-state index is 0.356. The van der Waals surface area contributed by atoms with Gasteiger partial charge >= 0.3 is 0 Å². The van der Waals surface area contributed by atoms with E-state index in [0.29, 0.717) is 18.0 Å². The van der Waals surface area contributed by atoms with Crippen LogP contribution in [-0.4, -0.2) is 40.6 Å². The molecule has 3 rings (SSSR count). The van der Waals surface area contributed by atoms with E-state index in [0.717, 1.165) is 32.0 Å². The lowest BCUT2D eigenvalue weighted by Gasteiger charge is -2.21. The number of hydrogen-bond donors (Lipinski definition) is 1. The van der Waals surface area contributed by atoms with E-state index in [2.05, 4.69) is 27.0 Å². The van der Waals surface area contributed by atoms with E-state index in [4.69, 9.17) is 4.74 Å². The molecule has 2 aliphatic rings. The average Bonchev–Trinajstić information content (AvgIpc) is 3.14. The molecular formula is C14H24N4O. The van der Waals surface area contributed by atoms with Crippen molar-refractivity contribution in [3.8, 4) is 0 Å². The lowest BCUT2D eigenvalue weighted by Crippen LogP contribution is -2.36. The molecule has 2 fully saturated rings. The van der Waals surface area contributed by atoms with Crippen molar-refractivity contribution in [2.24, 2.45) is 0 Å². The molecule has 2 unspecified atom stereocenters. The first-order valence-electron chi connectivity index (χ1n) is 7.60. The fourth-order valence-electron chi connectivity index (χ4n) is 3.32. The highest BCUT2D eigenvalue weighted by Crippen LogP contribution is 2.33. The molecule has 0 bridgehead atoms. The van der Waals surface area contributed by atoms with Gasteiger partial charge in [0.05, 0.1) is 19.1 Å². The number of hydrogen-bond acceptors (Lipinski definition) is 4. The van der Waals surface area contributed by atoms with Crippen molar-refractivity contribution < 1.29 is 4.74 Å². The number of nitrogens with zero attached hydrogens (tertiary/aromatic N) is 3. The third-order valence-corrected chi connectivity index (χ3v) is 4.39. The summed E-state index contributed by atoms with van der Waals surface area (Å²) in [5.74, 6) is 1.48. The zero-order chi connectivity index (χ0) is 13.1. The van der Waals surface area contributed by atoms with E-state index in [1.165, 1.54) is 25.7 Å². The molecule has 1 aliphatic carbocycles. The Morgan fingerprint density at radius 2 is 2.21 bits per heavy atom. The number of rotatable bonds is 5. The van der Waals surface area contributed by atoms with Gasteiger partial charge in [-0.1, -0.05) is 19.8 Å². The summed E-state index contributed by atoms with van der Waals surface area (Å²) in [5.41, 5.74) is 0. The lowest BCUT2D eigenvalue weighted by atomic mass is 10.0. The van der Waals surface area contributed by atoms with Gasteiger partial charge in [-0.15, -0.1) is 10.2 Å². The van der Waals surface area contributed by atoms with Crippen LogP contribution in [0.1, 0.15) is 56.8 Å². The van der Waals surface area contributed by atoms with Crippen molar-refractivity contribution in [2.75, 3.05) is 19.8 Å². The first-order chi connectivity index (χ1) is 9.40. The van der Waals surface area contributed by atoms with Gasteiger partial charge in [0.1, 0.15) is 12.2 Å². The predicted molar refractivity (Wildman–Crippen MR) is 73.2 cm³/mol. The van der Waals surface area contributed by atoms with Gasteiger partial charge in [0.2, 0.25) is 0 Å². The SMILES string of the molecule is CCCNC1COCC1c1nncn1C1CCCC1. The molecule has 1 saturated carbocycles. The molecule has 0 amide bonds. The molecule has 2 heterocycles. The van der Waals surface area contributed by atoms with E-state index < -0.39 is 0 Å². The zero-order valence-electron chi connectivity index (χ0n) is 11.7. The van der Waals surface area contributed by atoms with Crippen molar-refractivity contribution in [2.45, 2.75) is 57.0 Å². The summed E-state index contributed by atoms with van der Waals surface area (Å²) in [7, 11) is 0. The predicted octanol–water partition coefficient (Wildman–Crippen LogP) is 1.88. The maximum Gasteiger partial charge on any atom is 0.140 e. The summed E-state index contributed by atoms with van der Waals surface area (Å²) in [6, 6.07) is 1.00. The fraction of sp³-hybridized carbons (Fsp3) is 0.857. The third kappa shape index (κ3) is 2.67. The largest absolute Gasteiger partial charge is 0.379 e. The van der Waals surface area contributed by atoms with Gasteiger partial charge in [0.15, 0.2) is 0 Å². The van der Waals surface area contributed by atoms with Crippen LogP contribution >= 0.6 is 0 Å². The van der Waals surface area contributed by atoms with Crippen LogP contribution in [0.3, 0.4) is 0 Å². The Morgan fingerprint density at radius 1 is 1.37 bits per heavy atom. The summed E-state index contributed by atoms with van der Waals surface area (Å²) >= 11 is 0. The van der Waals surface area contributed by atoms with Gasteiger partial charge < -0.3 is 14.6 Å². The number of aromatic nitrogens is 3. The minimum atomic E-state index is 0.356. The quantitative estimate of drug-likeness (QED) is 0.882. The molecule has 5 nitrogen and oxygen atoms in total. The lowest BCUT2D eigenvalue weighted by molar-refractivity contribution is 0.186. The number of ether oxygens (including phenoxy) is 1. The molecule has 5 heteroatoms. The maximum absolute atomic E-state index is 5.66. The van der Waals surface area contributed by atoms with E-state index in [9.17, 15) is 0 Å². The second-order valence-electron chi connectivity index (χ2n) is 5.74. The highest BCUT2D eigenvalue weighted by atomic mass is 16.5. The summed E-state index contributed by atoms with van der Waals surface area (Å²) in [4.78, 5) is 0. The van der Waals surface area contributed by atoms with Crippen LogP contribution in [0.15, 0.2) is 6.33 Å². The Balaban J connectivity index is 1.75. The monoisotopic (exact) mass is 264 g/mol. The summed E-state index contributed by atoms with van der Waals surface area (Å²) in [5, 5.41) is 12.1. The van der Waals surface area contributed by atoms with Crippen molar-refractivity contribution in [1.82, 2.24) is 20.1 Å². The molecular weight excluding hydrogens is 240 g/mol. The second kappa shape index (κ2) is 6.01. The topological polar surface area (TPSA) is 52.0 Å². The molecule has 0 aromatic carbocycles. The van der Waals surface area contributed by atoms with Crippen LogP contribution in [-0.2, 0) is 4.74 Å². The van der Waals surface area contributed by atoms with Gasteiger partial charge in [0, 0.05) is 12.1 Å². The minimum Gasteiger partial charge on any atom is -0.379 e. The molecule has 0 radical (unpaired) electrons. The third-order valence-electron chi connectivity index (χ3n) is 4.39. The van der Waals surface area contributed by atoms with Crippen LogP contribution in [0.25, 0.3) is 0 Å². The smallest absolute Gasteiger partial charge is 0.140 e. The van der Waals surface area contributed by atoms with Gasteiger partial charge in [-0.2, -0.15) is 0 Å². The Labute approximate surface area is 114 Å². The van der Waals surface area contributed by atoms with Crippen molar-refractivity contribution >= 4 is 0 Å².